The maximum Gasteiger partial charge on any atom is 0.165 e. The molecule has 4 nitrogen and oxygen atoms in total. The molecule has 1 aliphatic heterocycles. The van der Waals surface area contributed by atoms with Crippen molar-refractivity contribution >= 4 is 0 Å². The highest BCUT2D eigenvalue weighted by Gasteiger charge is 2.14. The summed E-state index contributed by atoms with van der Waals surface area (Å²) in [5.74, 6) is 2.39. The summed E-state index contributed by atoms with van der Waals surface area (Å²) in [6.07, 6.45) is 2.31. The lowest BCUT2D eigenvalue weighted by atomic mass is 10.0. The molecule has 1 aliphatic rings. The molecule has 1 fully saturated rings. The monoisotopic (exact) mass is 279 g/mol. The van der Waals surface area contributed by atoms with Crippen molar-refractivity contribution < 1.29 is 14.2 Å². The zero-order valence-electron chi connectivity index (χ0n) is 12.5. The van der Waals surface area contributed by atoms with E-state index in [1.54, 1.807) is 7.11 Å². The van der Waals surface area contributed by atoms with E-state index in [0.717, 1.165) is 62.1 Å². The largest absolute Gasteiger partial charge is 0.493 e. The Morgan fingerprint density at radius 3 is 2.80 bits per heavy atom. The van der Waals surface area contributed by atoms with Gasteiger partial charge < -0.3 is 19.5 Å². The highest BCUT2D eigenvalue weighted by Crippen LogP contribution is 2.31. The topological polar surface area (TPSA) is 39.7 Å². The van der Waals surface area contributed by atoms with Crippen LogP contribution in [-0.2, 0) is 11.3 Å². The van der Waals surface area contributed by atoms with Crippen LogP contribution in [0.2, 0.25) is 0 Å². The first kappa shape index (κ1) is 15.1. The maximum atomic E-state index is 5.60. The highest BCUT2D eigenvalue weighted by molar-refractivity contribution is 5.46. The molecule has 1 heterocycles. The van der Waals surface area contributed by atoms with Gasteiger partial charge in [0.05, 0.1) is 13.7 Å². The van der Waals surface area contributed by atoms with Crippen molar-refractivity contribution in [2.45, 2.75) is 26.3 Å². The third kappa shape index (κ3) is 4.12. The van der Waals surface area contributed by atoms with Crippen LogP contribution in [0.25, 0.3) is 0 Å². The predicted octanol–water partition coefficient (Wildman–Crippen LogP) is 2.61. The van der Waals surface area contributed by atoms with Crippen molar-refractivity contribution in [3.05, 3.63) is 23.8 Å². The second-order valence-electron chi connectivity index (χ2n) is 5.07. The zero-order valence-corrected chi connectivity index (χ0v) is 12.5. The van der Waals surface area contributed by atoms with Gasteiger partial charge in [-0.1, -0.05) is 12.1 Å². The maximum absolute atomic E-state index is 5.60. The van der Waals surface area contributed by atoms with Crippen LogP contribution in [0.1, 0.15) is 25.3 Å². The van der Waals surface area contributed by atoms with Crippen LogP contribution in [0.4, 0.5) is 0 Å². The third-order valence-corrected chi connectivity index (χ3v) is 3.65. The molecule has 20 heavy (non-hydrogen) atoms. The molecule has 1 aromatic rings. The molecule has 0 bridgehead atoms. The number of hydrogen-bond acceptors (Lipinski definition) is 4. The van der Waals surface area contributed by atoms with E-state index in [9.17, 15) is 0 Å². The molecular weight excluding hydrogens is 254 g/mol. The molecule has 0 unspecified atom stereocenters. The molecular formula is C16H25NO3. The Morgan fingerprint density at radius 2 is 2.10 bits per heavy atom. The Morgan fingerprint density at radius 1 is 1.30 bits per heavy atom. The third-order valence-electron chi connectivity index (χ3n) is 3.65. The van der Waals surface area contributed by atoms with Gasteiger partial charge >= 0.3 is 0 Å². The fourth-order valence-electron chi connectivity index (χ4n) is 2.56. The fourth-order valence-corrected chi connectivity index (χ4v) is 2.56. The molecule has 2 rings (SSSR count). The van der Waals surface area contributed by atoms with E-state index in [2.05, 4.69) is 11.4 Å². The summed E-state index contributed by atoms with van der Waals surface area (Å²) in [4.78, 5) is 0. The Balaban J connectivity index is 1.89. The van der Waals surface area contributed by atoms with E-state index in [-0.39, 0.29) is 0 Å². The molecule has 4 heteroatoms. The lowest BCUT2D eigenvalue weighted by Gasteiger charge is -2.22. The van der Waals surface area contributed by atoms with Gasteiger partial charge in [-0.15, -0.1) is 0 Å². The van der Waals surface area contributed by atoms with E-state index in [1.165, 1.54) is 0 Å². The van der Waals surface area contributed by atoms with Crippen molar-refractivity contribution in [2.24, 2.45) is 5.92 Å². The summed E-state index contributed by atoms with van der Waals surface area (Å²) in [6, 6.07) is 6.04. The van der Waals surface area contributed by atoms with Crippen molar-refractivity contribution in [1.29, 1.82) is 0 Å². The minimum atomic E-state index is 0.648. The van der Waals surface area contributed by atoms with E-state index in [1.807, 2.05) is 19.1 Å². The molecule has 0 aliphatic carbocycles. The summed E-state index contributed by atoms with van der Waals surface area (Å²) >= 11 is 0. The molecule has 0 atom stereocenters. The van der Waals surface area contributed by atoms with Gasteiger partial charge in [-0.05, 0) is 38.3 Å². The molecule has 112 valence electrons. The van der Waals surface area contributed by atoms with Crippen LogP contribution < -0.4 is 14.8 Å². The summed E-state index contributed by atoms with van der Waals surface area (Å²) < 4.78 is 16.5. The molecule has 1 N–H and O–H groups in total. The minimum absolute atomic E-state index is 0.648. The quantitative estimate of drug-likeness (QED) is 0.833. The summed E-state index contributed by atoms with van der Waals surface area (Å²) in [6.45, 7) is 6.27. The van der Waals surface area contributed by atoms with Crippen molar-refractivity contribution in [2.75, 3.05) is 33.5 Å². The van der Waals surface area contributed by atoms with E-state index in [0.29, 0.717) is 6.61 Å². The van der Waals surface area contributed by atoms with Gasteiger partial charge in [-0.2, -0.15) is 0 Å². The smallest absolute Gasteiger partial charge is 0.165 e. The first-order chi connectivity index (χ1) is 9.85. The number of benzene rings is 1. The van der Waals surface area contributed by atoms with Gasteiger partial charge in [-0.25, -0.2) is 0 Å². The molecule has 1 aromatic carbocycles. The Hall–Kier alpha value is -1.26. The number of nitrogens with one attached hydrogen (secondary N) is 1. The normalized spacial score (nSPS) is 16.1. The van der Waals surface area contributed by atoms with Crippen LogP contribution >= 0.6 is 0 Å². The lowest BCUT2D eigenvalue weighted by molar-refractivity contribution is 0.0662. The highest BCUT2D eigenvalue weighted by atomic mass is 16.5. The average Bonchev–Trinajstić information content (AvgIpc) is 2.49. The van der Waals surface area contributed by atoms with E-state index < -0.39 is 0 Å². The average molecular weight is 279 g/mol. The predicted molar refractivity (Wildman–Crippen MR) is 79.4 cm³/mol. The Kier molecular flexibility index (Phi) is 6.15. The van der Waals surface area contributed by atoms with Crippen molar-refractivity contribution in [3.63, 3.8) is 0 Å². The number of methoxy groups -OCH3 is 1. The summed E-state index contributed by atoms with van der Waals surface area (Å²) in [5.41, 5.74) is 1.14. The molecule has 0 saturated carbocycles. The molecule has 0 aromatic heterocycles. The number of rotatable bonds is 7. The van der Waals surface area contributed by atoms with Crippen LogP contribution in [0.15, 0.2) is 18.2 Å². The van der Waals surface area contributed by atoms with Crippen LogP contribution in [0.5, 0.6) is 11.5 Å². The molecule has 0 amide bonds. The Bertz CT molecular complexity index is 403. The Labute approximate surface area is 121 Å². The summed E-state index contributed by atoms with van der Waals surface area (Å²) in [7, 11) is 1.69. The summed E-state index contributed by atoms with van der Waals surface area (Å²) in [5, 5.41) is 3.52. The fraction of sp³-hybridized carbons (Fsp3) is 0.625. The molecule has 0 radical (unpaired) electrons. The van der Waals surface area contributed by atoms with E-state index >= 15 is 0 Å². The molecule has 0 spiro atoms. The van der Waals surface area contributed by atoms with Gasteiger partial charge in [0.2, 0.25) is 0 Å². The van der Waals surface area contributed by atoms with Gasteiger partial charge in [-0.3, -0.25) is 0 Å². The SMILES string of the molecule is CCOc1cccc(CNCC2CCOCC2)c1OC. The number of ether oxygens (including phenoxy) is 3. The van der Waals surface area contributed by atoms with Crippen molar-refractivity contribution in [1.82, 2.24) is 5.32 Å². The zero-order chi connectivity index (χ0) is 14.2. The lowest BCUT2D eigenvalue weighted by Crippen LogP contribution is -2.27. The number of para-hydroxylation sites is 1. The first-order valence-electron chi connectivity index (χ1n) is 7.42. The van der Waals surface area contributed by atoms with Gasteiger partial charge in [0.25, 0.3) is 0 Å². The van der Waals surface area contributed by atoms with Crippen LogP contribution in [-0.4, -0.2) is 33.5 Å². The van der Waals surface area contributed by atoms with Gasteiger partial charge in [0, 0.05) is 25.3 Å². The standard InChI is InChI=1S/C16H25NO3/c1-3-20-15-6-4-5-14(16(15)18-2)12-17-11-13-7-9-19-10-8-13/h4-6,13,17H,3,7-12H2,1-2H3. The van der Waals surface area contributed by atoms with Crippen LogP contribution in [0.3, 0.4) is 0 Å². The number of hydrogen-bond donors (Lipinski definition) is 1. The van der Waals surface area contributed by atoms with Gasteiger partial charge in [0.1, 0.15) is 0 Å². The second kappa shape index (κ2) is 8.12. The van der Waals surface area contributed by atoms with Crippen molar-refractivity contribution in [3.8, 4) is 11.5 Å². The van der Waals surface area contributed by atoms with Crippen LogP contribution in [0, 0.1) is 5.92 Å². The second-order valence-corrected chi connectivity index (χ2v) is 5.07. The molecule has 1 saturated heterocycles. The minimum Gasteiger partial charge on any atom is -0.493 e. The first-order valence-corrected chi connectivity index (χ1v) is 7.42. The van der Waals surface area contributed by atoms with E-state index in [4.69, 9.17) is 14.2 Å². The van der Waals surface area contributed by atoms with Gasteiger partial charge in [0.15, 0.2) is 11.5 Å².